The minimum Gasteiger partial charge on any atom is -0.490 e. The summed E-state index contributed by atoms with van der Waals surface area (Å²) in [7, 11) is 0. The summed E-state index contributed by atoms with van der Waals surface area (Å²) in [6.45, 7) is 2.89. The van der Waals surface area contributed by atoms with Crippen molar-refractivity contribution >= 4 is 17.9 Å². The van der Waals surface area contributed by atoms with E-state index in [0.29, 0.717) is 30.4 Å². The maximum atomic E-state index is 11.0. The van der Waals surface area contributed by atoms with Gasteiger partial charge < -0.3 is 14.6 Å². The minimum absolute atomic E-state index is 0.198. The van der Waals surface area contributed by atoms with Crippen LogP contribution in [0.25, 0.3) is 0 Å². The van der Waals surface area contributed by atoms with Gasteiger partial charge in [-0.1, -0.05) is 36.4 Å². The lowest BCUT2D eigenvalue weighted by atomic mass is 10.2. The molecule has 6 nitrogen and oxygen atoms in total. The van der Waals surface area contributed by atoms with Crippen LogP contribution in [0, 0.1) is 0 Å². The monoisotopic (exact) mass is 390 g/mol. The maximum Gasteiger partial charge on any atom is 0.335 e. The molecule has 0 atom stereocenters. The number of anilines is 1. The molecule has 2 N–H and O–H groups in total. The molecule has 3 aromatic rings. The van der Waals surface area contributed by atoms with E-state index < -0.39 is 5.97 Å². The van der Waals surface area contributed by atoms with E-state index in [1.165, 1.54) is 12.1 Å². The Morgan fingerprint density at radius 2 is 1.83 bits per heavy atom. The third-order valence-corrected chi connectivity index (χ3v) is 4.02. The fraction of sp³-hybridized carbons (Fsp3) is 0.130. The summed E-state index contributed by atoms with van der Waals surface area (Å²) in [6, 6.07) is 22.0. The zero-order chi connectivity index (χ0) is 20.5. The van der Waals surface area contributed by atoms with Gasteiger partial charge in [0.2, 0.25) is 0 Å². The van der Waals surface area contributed by atoms with Crippen molar-refractivity contribution in [3.63, 3.8) is 0 Å². The molecule has 6 heteroatoms. The van der Waals surface area contributed by atoms with Gasteiger partial charge in [0.05, 0.1) is 24.1 Å². The van der Waals surface area contributed by atoms with Gasteiger partial charge in [-0.2, -0.15) is 5.10 Å². The molecule has 0 aliphatic carbocycles. The quantitative estimate of drug-likeness (QED) is 0.405. The number of rotatable bonds is 9. The highest BCUT2D eigenvalue weighted by Crippen LogP contribution is 2.29. The van der Waals surface area contributed by atoms with Crippen molar-refractivity contribution in [3.8, 4) is 11.5 Å². The second-order valence-corrected chi connectivity index (χ2v) is 6.17. The molecular formula is C23H22N2O4. The Kier molecular flexibility index (Phi) is 6.84. The SMILES string of the molecule is CCOc1cc(/C=N/Nc2cccc(C(=O)O)c2)ccc1OCc1ccccc1. The van der Waals surface area contributed by atoms with Crippen LogP contribution in [0.1, 0.15) is 28.4 Å². The van der Waals surface area contributed by atoms with Crippen molar-refractivity contribution in [2.24, 2.45) is 5.10 Å². The molecule has 148 valence electrons. The highest BCUT2D eigenvalue weighted by molar-refractivity contribution is 5.89. The first-order chi connectivity index (χ1) is 14.2. The summed E-state index contributed by atoms with van der Waals surface area (Å²) < 4.78 is 11.6. The average molecular weight is 390 g/mol. The molecule has 29 heavy (non-hydrogen) atoms. The average Bonchev–Trinajstić information content (AvgIpc) is 2.74. The molecule has 0 aliphatic rings. The number of nitrogens with zero attached hydrogens (tertiary/aromatic N) is 1. The van der Waals surface area contributed by atoms with Crippen LogP contribution < -0.4 is 14.9 Å². The Balaban J connectivity index is 1.68. The summed E-state index contributed by atoms with van der Waals surface area (Å²) in [6.07, 6.45) is 1.64. The summed E-state index contributed by atoms with van der Waals surface area (Å²) in [5, 5.41) is 13.2. The summed E-state index contributed by atoms with van der Waals surface area (Å²) in [5.41, 5.74) is 5.52. The Morgan fingerprint density at radius 3 is 2.59 bits per heavy atom. The first kappa shape index (κ1) is 19.9. The van der Waals surface area contributed by atoms with Gasteiger partial charge in [-0.15, -0.1) is 0 Å². The van der Waals surface area contributed by atoms with Crippen LogP contribution in [-0.2, 0) is 6.61 Å². The first-order valence-corrected chi connectivity index (χ1v) is 9.21. The fourth-order valence-electron chi connectivity index (χ4n) is 2.63. The number of ether oxygens (including phenoxy) is 2. The van der Waals surface area contributed by atoms with Crippen LogP contribution in [0.3, 0.4) is 0 Å². The van der Waals surface area contributed by atoms with Gasteiger partial charge in [0, 0.05) is 0 Å². The molecule has 0 aromatic heterocycles. The van der Waals surface area contributed by atoms with E-state index in [2.05, 4.69) is 10.5 Å². The van der Waals surface area contributed by atoms with Crippen molar-refractivity contribution in [2.45, 2.75) is 13.5 Å². The summed E-state index contributed by atoms with van der Waals surface area (Å²) in [5.74, 6) is 0.320. The molecule has 3 rings (SSSR count). The van der Waals surface area contributed by atoms with Gasteiger partial charge in [-0.25, -0.2) is 4.79 Å². The van der Waals surface area contributed by atoms with Crippen LogP contribution in [0.4, 0.5) is 5.69 Å². The van der Waals surface area contributed by atoms with Crippen molar-refractivity contribution in [1.82, 2.24) is 0 Å². The smallest absolute Gasteiger partial charge is 0.335 e. The van der Waals surface area contributed by atoms with Crippen molar-refractivity contribution in [3.05, 3.63) is 89.5 Å². The van der Waals surface area contributed by atoms with Gasteiger partial charge in [0.1, 0.15) is 6.61 Å². The lowest BCUT2D eigenvalue weighted by Gasteiger charge is -2.12. The topological polar surface area (TPSA) is 80.2 Å². The molecule has 0 fully saturated rings. The second kappa shape index (κ2) is 9.94. The molecule has 0 bridgehead atoms. The fourth-order valence-corrected chi connectivity index (χ4v) is 2.63. The lowest BCUT2D eigenvalue weighted by Crippen LogP contribution is -2.01. The maximum absolute atomic E-state index is 11.0. The Bertz CT molecular complexity index is 987. The van der Waals surface area contributed by atoms with Crippen molar-refractivity contribution < 1.29 is 19.4 Å². The van der Waals surface area contributed by atoms with Crippen LogP contribution >= 0.6 is 0 Å². The largest absolute Gasteiger partial charge is 0.490 e. The molecule has 0 radical (unpaired) electrons. The molecule has 0 amide bonds. The Labute approximate surface area is 169 Å². The van der Waals surface area contributed by atoms with Crippen LogP contribution in [0.2, 0.25) is 0 Å². The van der Waals surface area contributed by atoms with Gasteiger partial charge >= 0.3 is 5.97 Å². The molecule has 0 spiro atoms. The molecule has 3 aromatic carbocycles. The predicted molar refractivity (Wildman–Crippen MR) is 113 cm³/mol. The number of nitrogens with one attached hydrogen (secondary N) is 1. The number of hydrazone groups is 1. The second-order valence-electron chi connectivity index (χ2n) is 6.17. The molecule has 0 saturated carbocycles. The third kappa shape index (κ3) is 5.84. The number of carboxylic acid groups (broad SMARTS) is 1. The molecule has 0 aliphatic heterocycles. The Hall–Kier alpha value is -3.80. The lowest BCUT2D eigenvalue weighted by molar-refractivity contribution is 0.0697. The highest BCUT2D eigenvalue weighted by Gasteiger charge is 2.07. The Morgan fingerprint density at radius 1 is 1.00 bits per heavy atom. The summed E-state index contributed by atoms with van der Waals surface area (Å²) in [4.78, 5) is 11.0. The molecule has 0 saturated heterocycles. The normalized spacial score (nSPS) is 10.7. The first-order valence-electron chi connectivity index (χ1n) is 9.21. The predicted octanol–water partition coefficient (Wildman–Crippen LogP) is 4.81. The molecule has 0 unspecified atom stereocenters. The molecule has 0 heterocycles. The van der Waals surface area contributed by atoms with Gasteiger partial charge in [0.15, 0.2) is 11.5 Å². The van der Waals surface area contributed by atoms with Crippen molar-refractivity contribution in [2.75, 3.05) is 12.0 Å². The number of aromatic carboxylic acids is 1. The number of carboxylic acids is 1. The van der Waals surface area contributed by atoms with E-state index >= 15 is 0 Å². The van der Waals surface area contributed by atoms with Gasteiger partial charge in [-0.05, 0) is 54.4 Å². The van der Waals surface area contributed by atoms with E-state index in [1.54, 1.807) is 18.3 Å². The number of hydrogen-bond donors (Lipinski definition) is 2. The number of benzene rings is 3. The number of hydrogen-bond acceptors (Lipinski definition) is 5. The van der Waals surface area contributed by atoms with Crippen molar-refractivity contribution in [1.29, 1.82) is 0 Å². The van der Waals surface area contributed by atoms with Gasteiger partial charge in [0.25, 0.3) is 0 Å². The van der Waals surface area contributed by atoms with E-state index in [9.17, 15) is 4.79 Å². The highest BCUT2D eigenvalue weighted by atomic mass is 16.5. The van der Waals surface area contributed by atoms with E-state index in [0.717, 1.165) is 11.1 Å². The third-order valence-electron chi connectivity index (χ3n) is 4.02. The van der Waals surface area contributed by atoms with Gasteiger partial charge in [-0.3, -0.25) is 5.43 Å². The van der Waals surface area contributed by atoms with Crippen LogP contribution in [0.15, 0.2) is 77.9 Å². The van der Waals surface area contributed by atoms with E-state index in [4.69, 9.17) is 14.6 Å². The number of carbonyl (C=O) groups is 1. The standard InChI is InChI=1S/C23H22N2O4/c1-2-28-22-13-18(11-12-21(22)29-16-17-7-4-3-5-8-17)15-24-25-20-10-6-9-19(14-20)23(26)27/h3-15,25H,2,16H2,1H3,(H,26,27)/b24-15+. The van der Waals surface area contributed by atoms with E-state index in [1.807, 2.05) is 55.5 Å². The minimum atomic E-state index is -0.981. The molecular weight excluding hydrogens is 368 g/mol. The van der Waals surface area contributed by atoms with Crippen LogP contribution in [0.5, 0.6) is 11.5 Å². The zero-order valence-electron chi connectivity index (χ0n) is 16.0. The van der Waals surface area contributed by atoms with E-state index in [-0.39, 0.29) is 5.56 Å². The van der Waals surface area contributed by atoms with Crippen LogP contribution in [-0.4, -0.2) is 23.9 Å². The zero-order valence-corrected chi connectivity index (χ0v) is 16.0. The summed E-state index contributed by atoms with van der Waals surface area (Å²) >= 11 is 0.